The van der Waals surface area contributed by atoms with Crippen LogP contribution in [-0.4, -0.2) is 85.3 Å². The van der Waals surface area contributed by atoms with Crippen molar-refractivity contribution in [2.45, 2.75) is 12.1 Å². The molecule has 2 rings (SSSR count). The van der Waals surface area contributed by atoms with Crippen LogP contribution >= 0.6 is 11.8 Å². The van der Waals surface area contributed by atoms with E-state index in [1.807, 2.05) is 0 Å². The quantitative estimate of drug-likeness (QED) is 0.405. The van der Waals surface area contributed by atoms with Gasteiger partial charge in [0.2, 0.25) is 0 Å². The standard InChI is InChI=1S/C8H8N4O2S.2Na/c1-3-6(13)10-5-4(9-3)7(14)12-8(11-5)15-2;;/h1-2H3,(H2,10,11,12,13,14);;. The van der Waals surface area contributed by atoms with E-state index in [-0.39, 0.29) is 87.1 Å². The summed E-state index contributed by atoms with van der Waals surface area (Å²) in [7, 11) is 0. The first-order valence-electron chi connectivity index (χ1n) is 4.17. The van der Waals surface area contributed by atoms with Gasteiger partial charge in [0.05, 0.1) is 0 Å². The Labute approximate surface area is 145 Å². The Bertz CT molecular complexity index is 639. The predicted molar refractivity (Wildman–Crippen MR) is 68.8 cm³/mol. The third kappa shape index (κ3) is 3.66. The van der Waals surface area contributed by atoms with Crippen molar-refractivity contribution in [2.75, 3.05) is 6.26 Å². The molecule has 0 saturated carbocycles. The van der Waals surface area contributed by atoms with Crippen LogP contribution in [0, 0.1) is 6.92 Å². The molecule has 9 heteroatoms. The number of hydrogen-bond acceptors (Lipinski definition) is 5. The second-order valence-electron chi connectivity index (χ2n) is 2.92. The van der Waals surface area contributed by atoms with E-state index in [2.05, 4.69) is 19.9 Å². The van der Waals surface area contributed by atoms with Gasteiger partial charge in [-0.05, 0) is 13.2 Å². The van der Waals surface area contributed by atoms with Crippen LogP contribution in [0.15, 0.2) is 14.7 Å². The fraction of sp³-hybridized carbons (Fsp3) is 0.250. The summed E-state index contributed by atoms with van der Waals surface area (Å²) in [4.78, 5) is 35.8. The third-order valence-electron chi connectivity index (χ3n) is 1.91. The van der Waals surface area contributed by atoms with Crippen molar-refractivity contribution in [2.24, 2.45) is 0 Å². The first kappa shape index (κ1) is 17.4. The van der Waals surface area contributed by atoms with Crippen molar-refractivity contribution >= 4 is 82.0 Å². The summed E-state index contributed by atoms with van der Waals surface area (Å²) in [6.45, 7) is 1.54. The fourth-order valence-electron chi connectivity index (χ4n) is 1.15. The number of rotatable bonds is 1. The largest absolute Gasteiger partial charge is 0.303 e. The molecule has 0 aliphatic carbocycles. The van der Waals surface area contributed by atoms with Crippen molar-refractivity contribution in [1.82, 2.24) is 19.9 Å². The summed E-state index contributed by atoms with van der Waals surface area (Å²) >= 11 is 1.29. The van der Waals surface area contributed by atoms with Crippen LogP contribution in [0.1, 0.15) is 5.69 Å². The van der Waals surface area contributed by atoms with Crippen LogP contribution < -0.4 is 11.1 Å². The molecule has 80 valence electrons. The fourth-order valence-corrected chi connectivity index (χ4v) is 1.53. The van der Waals surface area contributed by atoms with E-state index >= 15 is 0 Å². The Kier molecular flexibility index (Phi) is 7.23. The molecular formula is C8H8N4Na2O2S. The zero-order valence-corrected chi connectivity index (χ0v) is 14.9. The van der Waals surface area contributed by atoms with Crippen LogP contribution in [0.2, 0.25) is 0 Å². The molecule has 2 heterocycles. The van der Waals surface area contributed by atoms with E-state index < -0.39 is 0 Å². The van der Waals surface area contributed by atoms with Gasteiger partial charge in [-0.3, -0.25) is 14.6 Å². The minimum absolute atomic E-state index is 0. The van der Waals surface area contributed by atoms with Gasteiger partial charge in [-0.15, -0.1) is 0 Å². The maximum Gasteiger partial charge on any atom is 0.279 e. The molecule has 0 aromatic carbocycles. The number of aromatic nitrogens is 4. The molecule has 0 aliphatic rings. The normalized spacial score (nSPS) is 9.53. The monoisotopic (exact) mass is 270 g/mol. The number of fused-ring (bicyclic) bond motifs is 1. The summed E-state index contributed by atoms with van der Waals surface area (Å²) in [5.74, 6) is 0. The van der Waals surface area contributed by atoms with Gasteiger partial charge < -0.3 is 4.98 Å². The average molecular weight is 270 g/mol. The summed E-state index contributed by atoms with van der Waals surface area (Å²) in [6.07, 6.45) is 1.78. The molecule has 2 N–H and O–H groups in total. The zero-order chi connectivity index (χ0) is 11.0. The number of H-pyrrole nitrogens is 2. The van der Waals surface area contributed by atoms with Gasteiger partial charge in [-0.25, -0.2) is 9.97 Å². The number of hydrogen-bond donors (Lipinski definition) is 2. The number of thioether (sulfide) groups is 1. The second kappa shape index (κ2) is 7.08. The minimum atomic E-state index is -0.344. The SMILES string of the molecule is CSc1nc2[nH]c(=O)c(C)nc2c(=O)[nH]1.[Na].[Na]. The smallest absolute Gasteiger partial charge is 0.279 e. The maximum atomic E-state index is 11.5. The third-order valence-corrected chi connectivity index (χ3v) is 2.49. The predicted octanol–water partition coefficient (Wildman–Crippen LogP) is -0.725. The van der Waals surface area contributed by atoms with Gasteiger partial charge in [-0.1, -0.05) is 11.8 Å². The van der Waals surface area contributed by atoms with Gasteiger partial charge in [-0.2, -0.15) is 0 Å². The molecule has 0 unspecified atom stereocenters. The van der Waals surface area contributed by atoms with E-state index in [0.29, 0.717) is 5.16 Å². The number of nitrogens with zero attached hydrogens (tertiary/aromatic N) is 2. The van der Waals surface area contributed by atoms with Crippen molar-refractivity contribution in [3.63, 3.8) is 0 Å². The van der Waals surface area contributed by atoms with Crippen molar-refractivity contribution in [1.29, 1.82) is 0 Å². The Balaban J connectivity index is 0.00000128. The maximum absolute atomic E-state index is 11.5. The molecule has 0 spiro atoms. The summed E-state index contributed by atoms with van der Waals surface area (Å²) in [5, 5.41) is 0.453. The topological polar surface area (TPSA) is 91.5 Å². The van der Waals surface area contributed by atoms with Crippen LogP contribution in [0.4, 0.5) is 0 Å². The van der Waals surface area contributed by atoms with E-state index in [0.717, 1.165) is 0 Å². The van der Waals surface area contributed by atoms with Crippen LogP contribution in [-0.2, 0) is 0 Å². The van der Waals surface area contributed by atoms with Crippen molar-refractivity contribution in [3.8, 4) is 0 Å². The molecule has 0 atom stereocenters. The van der Waals surface area contributed by atoms with Gasteiger partial charge >= 0.3 is 0 Å². The first-order valence-corrected chi connectivity index (χ1v) is 5.39. The first-order chi connectivity index (χ1) is 7.11. The molecule has 2 radical (unpaired) electrons. The number of aromatic amines is 2. The summed E-state index contributed by atoms with van der Waals surface area (Å²) in [6, 6.07) is 0. The molecule has 0 fully saturated rings. The molecule has 0 saturated heterocycles. The van der Waals surface area contributed by atoms with Crippen LogP contribution in [0.5, 0.6) is 0 Å². The zero-order valence-electron chi connectivity index (χ0n) is 10.1. The minimum Gasteiger partial charge on any atom is -0.303 e. The van der Waals surface area contributed by atoms with E-state index in [4.69, 9.17) is 0 Å². The Morgan fingerprint density at radius 1 is 1.06 bits per heavy atom. The Morgan fingerprint density at radius 3 is 2.29 bits per heavy atom. The van der Waals surface area contributed by atoms with Gasteiger partial charge in [0, 0.05) is 59.1 Å². The average Bonchev–Trinajstić information content (AvgIpc) is 2.21. The van der Waals surface area contributed by atoms with E-state index in [1.165, 1.54) is 11.8 Å². The summed E-state index contributed by atoms with van der Waals surface area (Å²) < 4.78 is 0. The van der Waals surface area contributed by atoms with Crippen molar-refractivity contribution in [3.05, 3.63) is 26.4 Å². The van der Waals surface area contributed by atoms with Gasteiger partial charge in [0.1, 0.15) is 5.69 Å². The van der Waals surface area contributed by atoms with E-state index in [9.17, 15) is 9.59 Å². The Hall–Kier alpha value is 0.370. The molecule has 17 heavy (non-hydrogen) atoms. The van der Waals surface area contributed by atoms with E-state index in [1.54, 1.807) is 13.2 Å². The van der Waals surface area contributed by atoms with Gasteiger partial charge in [0.25, 0.3) is 11.1 Å². The molecule has 0 aliphatic heterocycles. The number of nitrogens with one attached hydrogen (secondary N) is 2. The Morgan fingerprint density at radius 2 is 1.71 bits per heavy atom. The van der Waals surface area contributed by atoms with Gasteiger partial charge in [0.15, 0.2) is 16.3 Å². The van der Waals surface area contributed by atoms with Crippen molar-refractivity contribution < 1.29 is 0 Å². The second-order valence-corrected chi connectivity index (χ2v) is 3.72. The number of aryl methyl sites for hydroxylation is 1. The van der Waals surface area contributed by atoms with Crippen LogP contribution in [0.25, 0.3) is 11.2 Å². The molecule has 6 nitrogen and oxygen atoms in total. The summed E-state index contributed by atoms with van der Waals surface area (Å²) in [5.41, 5.74) is -0.0355. The molecule has 0 bridgehead atoms. The van der Waals surface area contributed by atoms with Crippen LogP contribution in [0.3, 0.4) is 0 Å². The molecule has 0 amide bonds. The molecular weight excluding hydrogens is 262 g/mol. The molecule has 2 aromatic rings. The molecule has 2 aromatic heterocycles.